The molecule has 4 nitrogen and oxygen atoms in total. The Morgan fingerprint density at radius 3 is 1.57 bits per heavy atom. The first-order valence-corrected chi connectivity index (χ1v) is 12.8. The molecule has 0 spiro atoms. The van der Waals surface area contributed by atoms with E-state index >= 15 is 0 Å². The molecule has 0 aromatic carbocycles. The number of ether oxygens (including phenoxy) is 2. The number of rotatable bonds is 20. The van der Waals surface area contributed by atoms with Gasteiger partial charge in [-0.2, -0.15) is 0 Å². The summed E-state index contributed by atoms with van der Waals surface area (Å²) in [5.74, 6) is -0.255. The van der Waals surface area contributed by atoms with Crippen molar-refractivity contribution in [3.63, 3.8) is 0 Å². The number of morpholine rings is 1. The van der Waals surface area contributed by atoms with Crippen LogP contribution in [0.5, 0.6) is 0 Å². The fraction of sp³-hybridized carbons (Fsp3) is 0.885. The van der Waals surface area contributed by atoms with Crippen molar-refractivity contribution in [3.05, 3.63) is 12.2 Å². The van der Waals surface area contributed by atoms with Crippen LogP contribution in [0.1, 0.15) is 110 Å². The molecule has 0 aromatic rings. The second-order valence-corrected chi connectivity index (χ2v) is 9.03. The van der Waals surface area contributed by atoms with Crippen LogP contribution in [0.15, 0.2) is 12.2 Å². The maximum absolute atomic E-state index is 11.2. The van der Waals surface area contributed by atoms with Gasteiger partial charge in [0, 0.05) is 18.7 Å². The molecule has 1 fully saturated rings. The summed E-state index contributed by atoms with van der Waals surface area (Å²) in [5.41, 5.74) is 0.491. The van der Waals surface area contributed by atoms with Gasteiger partial charge >= 0.3 is 5.97 Å². The van der Waals surface area contributed by atoms with Crippen LogP contribution in [0.25, 0.3) is 0 Å². The number of unbranched alkanes of at least 4 members (excludes halogenated alkanes) is 15. The van der Waals surface area contributed by atoms with Crippen molar-refractivity contribution in [1.82, 2.24) is 4.90 Å². The van der Waals surface area contributed by atoms with Crippen molar-refractivity contribution in [1.29, 1.82) is 0 Å². The van der Waals surface area contributed by atoms with Crippen LogP contribution in [-0.2, 0) is 14.3 Å². The van der Waals surface area contributed by atoms with Crippen LogP contribution in [0.2, 0.25) is 0 Å². The van der Waals surface area contributed by atoms with E-state index in [0.717, 1.165) is 39.1 Å². The molecule has 1 heterocycles. The summed E-state index contributed by atoms with van der Waals surface area (Å²) in [4.78, 5) is 13.8. The second-order valence-electron chi connectivity index (χ2n) is 9.03. The topological polar surface area (TPSA) is 38.8 Å². The second kappa shape index (κ2) is 20.1. The van der Waals surface area contributed by atoms with E-state index in [0.29, 0.717) is 12.2 Å². The van der Waals surface area contributed by atoms with Crippen LogP contribution in [0, 0.1) is 0 Å². The number of esters is 1. The van der Waals surface area contributed by atoms with E-state index in [1.54, 1.807) is 6.92 Å². The van der Waals surface area contributed by atoms with Gasteiger partial charge in [-0.25, -0.2) is 4.79 Å². The molecule has 1 saturated heterocycles. The maximum atomic E-state index is 11.2. The SMILES string of the molecule is C=C(C)C(=O)OCCCCCCCCCCCCCCCCCCN1CCOCC1. The molecule has 0 radical (unpaired) electrons. The molecule has 4 heteroatoms. The monoisotopic (exact) mass is 423 g/mol. The van der Waals surface area contributed by atoms with Crippen molar-refractivity contribution in [2.45, 2.75) is 110 Å². The highest BCUT2D eigenvalue weighted by molar-refractivity contribution is 5.86. The summed E-state index contributed by atoms with van der Waals surface area (Å²) < 4.78 is 10.5. The molecule has 0 aromatic heterocycles. The largest absolute Gasteiger partial charge is 0.462 e. The molecule has 30 heavy (non-hydrogen) atoms. The molecule has 0 atom stereocenters. The van der Waals surface area contributed by atoms with E-state index in [-0.39, 0.29) is 5.97 Å². The van der Waals surface area contributed by atoms with Crippen molar-refractivity contribution in [2.24, 2.45) is 0 Å². The van der Waals surface area contributed by atoms with Gasteiger partial charge in [0.15, 0.2) is 0 Å². The average molecular weight is 424 g/mol. The minimum Gasteiger partial charge on any atom is -0.462 e. The Labute approximate surface area is 186 Å². The van der Waals surface area contributed by atoms with Crippen LogP contribution in [-0.4, -0.2) is 50.3 Å². The molecule has 0 saturated carbocycles. The molecule has 176 valence electrons. The summed E-state index contributed by atoms with van der Waals surface area (Å²) in [7, 11) is 0. The van der Waals surface area contributed by atoms with Crippen LogP contribution < -0.4 is 0 Å². The molecule has 1 aliphatic heterocycles. The van der Waals surface area contributed by atoms with E-state index in [4.69, 9.17) is 9.47 Å². The molecule has 0 N–H and O–H groups in total. The van der Waals surface area contributed by atoms with Gasteiger partial charge in [-0.3, -0.25) is 4.90 Å². The van der Waals surface area contributed by atoms with Crippen LogP contribution >= 0.6 is 0 Å². The van der Waals surface area contributed by atoms with Gasteiger partial charge in [0.05, 0.1) is 19.8 Å². The van der Waals surface area contributed by atoms with Crippen molar-refractivity contribution < 1.29 is 14.3 Å². The number of carbonyl (C=O) groups excluding carboxylic acids is 1. The Bertz CT molecular complexity index is 419. The summed E-state index contributed by atoms with van der Waals surface area (Å²) >= 11 is 0. The number of carbonyl (C=O) groups is 1. The van der Waals surface area contributed by atoms with Crippen molar-refractivity contribution in [3.8, 4) is 0 Å². The number of hydrogen-bond donors (Lipinski definition) is 0. The van der Waals surface area contributed by atoms with E-state index in [9.17, 15) is 4.79 Å². The number of hydrogen-bond acceptors (Lipinski definition) is 4. The average Bonchev–Trinajstić information content (AvgIpc) is 2.75. The van der Waals surface area contributed by atoms with Gasteiger partial charge < -0.3 is 9.47 Å². The normalized spacial score (nSPS) is 14.7. The first-order valence-electron chi connectivity index (χ1n) is 12.8. The third-order valence-electron chi connectivity index (χ3n) is 6.05. The Morgan fingerprint density at radius 2 is 1.13 bits per heavy atom. The Morgan fingerprint density at radius 1 is 0.733 bits per heavy atom. The third-order valence-corrected chi connectivity index (χ3v) is 6.05. The Kier molecular flexibility index (Phi) is 18.2. The van der Waals surface area contributed by atoms with Crippen molar-refractivity contribution in [2.75, 3.05) is 39.5 Å². The zero-order valence-electron chi connectivity index (χ0n) is 19.9. The van der Waals surface area contributed by atoms with E-state index in [1.165, 1.54) is 96.4 Å². The molecular weight excluding hydrogens is 374 g/mol. The molecule has 0 bridgehead atoms. The van der Waals surface area contributed by atoms with E-state index < -0.39 is 0 Å². The van der Waals surface area contributed by atoms with Gasteiger partial charge in [-0.15, -0.1) is 0 Å². The summed E-state index contributed by atoms with van der Waals surface area (Å²) in [6.45, 7) is 11.2. The highest BCUT2D eigenvalue weighted by atomic mass is 16.5. The minimum atomic E-state index is -0.255. The van der Waals surface area contributed by atoms with Gasteiger partial charge in [-0.05, 0) is 26.3 Å². The zero-order chi connectivity index (χ0) is 21.7. The smallest absolute Gasteiger partial charge is 0.333 e. The van der Waals surface area contributed by atoms with Gasteiger partial charge in [-0.1, -0.05) is 96.5 Å². The van der Waals surface area contributed by atoms with Gasteiger partial charge in [0.2, 0.25) is 0 Å². The summed E-state index contributed by atoms with van der Waals surface area (Å²) in [5, 5.41) is 0. The number of nitrogens with zero attached hydrogens (tertiary/aromatic N) is 1. The fourth-order valence-electron chi connectivity index (χ4n) is 4.03. The first-order chi connectivity index (χ1) is 14.7. The van der Waals surface area contributed by atoms with Crippen molar-refractivity contribution >= 4 is 5.97 Å². The third kappa shape index (κ3) is 16.9. The molecule has 0 unspecified atom stereocenters. The Hall–Kier alpha value is -0.870. The fourth-order valence-corrected chi connectivity index (χ4v) is 4.03. The molecule has 1 rings (SSSR count). The van der Waals surface area contributed by atoms with Gasteiger partial charge in [0.1, 0.15) is 0 Å². The summed E-state index contributed by atoms with van der Waals surface area (Å²) in [6.07, 6.45) is 21.6. The predicted molar refractivity (Wildman–Crippen MR) is 127 cm³/mol. The quantitative estimate of drug-likeness (QED) is 0.124. The predicted octanol–water partition coefficient (Wildman–Crippen LogP) is 6.68. The lowest BCUT2D eigenvalue weighted by molar-refractivity contribution is -0.139. The zero-order valence-corrected chi connectivity index (χ0v) is 19.9. The van der Waals surface area contributed by atoms with E-state index in [2.05, 4.69) is 11.5 Å². The first kappa shape index (κ1) is 27.2. The molecule has 0 amide bonds. The molecular formula is C26H49NO3. The van der Waals surface area contributed by atoms with Crippen LogP contribution in [0.3, 0.4) is 0 Å². The minimum absolute atomic E-state index is 0.255. The standard InChI is InChI=1S/C26H49NO3/c1-25(2)26(28)30-22-18-16-14-12-10-8-6-4-3-5-7-9-11-13-15-17-19-27-20-23-29-24-21-27/h1,3-24H2,2H3. The lowest BCUT2D eigenvalue weighted by atomic mass is 10.0. The van der Waals surface area contributed by atoms with Crippen LogP contribution in [0.4, 0.5) is 0 Å². The molecule has 0 aliphatic carbocycles. The summed E-state index contributed by atoms with van der Waals surface area (Å²) in [6, 6.07) is 0. The Balaban J connectivity index is 1.67. The van der Waals surface area contributed by atoms with E-state index in [1.807, 2.05) is 0 Å². The maximum Gasteiger partial charge on any atom is 0.333 e. The highest BCUT2D eigenvalue weighted by Crippen LogP contribution is 2.14. The molecule has 1 aliphatic rings. The highest BCUT2D eigenvalue weighted by Gasteiger charge is 2.08. The van der Waals surface area contributed by atoms with Gasteiger partial charge in [0.25, 0.3) is 0 Å². The lowest BCUT2D eigenvalue weighted by Gasteiger charge is -2.26. The lowest BCUT2D eigenvalue weighted by Crippen LogP contribution is -2.36.